The number of carboxylic acid groups (broad SMARTS) is 1. The van der Waals surface area contributed by atoms with Crippen LogP contribution in [-0.2, 0) is 19.2 Å². The molecular formula is C29H36N8O5. The van der Waals surface area contributed by atoms with Gasteiger partial charge in [0.2, 0.25) is 5.91 Å². The Morgan fingerprint density at radius 3 is 2.50 bits per heavy atom. The number of hydroxylamine groups is 2. The highest BCUT2D eigenvalue weighted by Gasteiger charge is 2.38. The first-order valence-electron chi connectivity index (χ1n) is 14.3. The number of pyridine rings is 1. The fourth-order valence-electron chi connectivity index (χ4n) is 5.83. The van der Waals surface area contributed by atoms with Gasteiger partial charge in [-0.25, -0.2) is 14.6 Å². The number of nitrogens with two attached hydrogens (primary N) is 1. The molecule has 0 spiro atoms. The number of carbonyl (C=O) groups excluding carboxylic acids is 2. The van der Waals surface area contributed by atoms with Crippen molar-refractivity contribution in [2.45, 2.75) is 69.5 Å². The van der Waals surface area contributed by atoms with Crippen LogP contribution in [0.2, 0.25) is 0 Å². The zero-order valence-corrected chi connectivity index (χ0v) is 23.3. The third-order valence-corrected chi connectivity index (χ3v) is 8.00. The highest BCUT2D eigenvalue weighted by Crippen LogP contribution is 2.32. The fraction of sp³-hybridized carbons (Fsp3) is 0.448. The van der Waals surface area contributed by atoms with Crippen LogP contribution in [0.3, 0.4) is 0 Å². The van der Waals surface area contributed by atoms with Gasteiger partial charge < -0.3 is 30.9 Å². The summed E-state index contributed by atoms with van der Waals surface area (Å²) in [5.74, 6) is -3.15. The molecule has 2 aliphatic rings. The second kappa shape index (κ2) is 13.0. The SMILES string of the molecule is N=C(N)c1ccc2nc(C(CC(=O)NC3CCCCC3)N(OC(=O)C(=O)O)C3CCN(c4ccncc4)CC3)[nH]c2c1. The molecule has 0 bridgehead atoms. The van der Waals surface area contributed by atoms with E-state index in [1.54, 1.807) is 30.6 Å². The van der Waals surface area contributed by atoms with E-state index in [0.29, 0.717) is 48.4 Å². The predicted octanol–water partition coefficient (Wildman–Crippen LogP) is 2.64. The predicted molar refractivity (Wildman–Crippen MR) is 155 cm³/mol. The van der Waals surface area contributed by atoms with E-state index in [1.807, 2.05) is 12.1 Å². The summed E-state index contributed by atoms with van der Waals surface area (Å²) < 4.78 is 0. The maximum Gasteiger partial charge on any atom is 0.436 e. The Labute approximate surface area is 242 Å². The molecule has 6 N–H and O–H groups in total. The molecule has 0 radical (unpaired) electrons. The zero-order chi connectivity index (χ0) is 29.6. The average molecular weight is 577 g/mol. The molecule has 1 aliphatic heterocycles. The van der Waals surface area contributed by atoms with Crippen molar-refractivity contribution < 1.29 is 24.3 Å². The number of nitrogens with zero attached hydrogens (tertiary/aromatic N) is 4. The molecule has 2 aromatic heterocycles. The number of nitrogens with one attached hydrogen (secondary N) is 3. The number of amides is 1. The summed E-state index contributed by atoms with van der Waals surface area (Å²) in [7, 11) is 0. The van der Waals surface area contributed by atoms with Crippen LogP contribution in [0.5, 0.6) is 0 Å². The third kappa shape index (κ3) is 6.85. The molecule has 1 aromatic carbocycles. The number of aromatic amines is 1. The van der Waals surface area contributed by atoms with Crippen LogP contribution in [-0.4, -0.2) is 74.0 Å². The molecule has 3 aromatic rings. The number of benzene rings is 1. The molecule has 1 unspecified atom stereocenters. The summed E-state index contributed by atoms with van der Waals surface area (Å²) in [5.41, 5.74) is 8.35. The Hall–Kier alpha value is -4.52. The van der Waals surface area contributed by atoms with E-state index in [1.165, 1.54) is 5.06 Å². The second-order valence-corrected chi connectivity index (χ2v) is 10.9. The van der Waals surface area contributed by atoms with Gasteiger partial charge in [0, 0.05) is 42.8 Å². The first kappa shape index (κ1) is 29.0. The van der Waals surface area contributed by atoms with Gasteiger partial charge in [-0.3, -0.25) is 15.2 Å². The Bertz CT molecular complexity index is 1430. The van der Waals surface area contributed by atoms with Crippen LogP contribution in [0.25, 0.3) is 11.0 Å². The number of fused-ring (bicyclic) bond motifs is 1. The lowest BCUT2D eigenvalue weighted by atomic mass is 9.95. The van der Waals surface area contributed by atoms with Gasteiger partial charge in [-0.1, -0.05) is 19.3 Å². The number of rotatable bonds is 9. The van der Waals surface area contributed by atoms with Crippen molar-refractivity contribution in [3.05, 3.63) is 54.1 Å². The zero-order valence-electron chi connectivity index (χ0n) is 23.3. The average Bonchev–Trinajstić information content (AvgIpc) is 3.43. The molecule has 13 heteroatoms. The fourth-order valence-corrected chi connectivity index (χ4v) is 5.83. The van der Waals surface area contributed by atoms with Crippen LogP contribution in [0.1, 0.15) is 68.8 Å². The highest BCUT2D eigenvalue weighted by molar-refractivity contribution is 6.28. The van der Waals surface area contributed by atoms with Crippen molar-refractivity contribution in [3.8, 4) is 0 Å². The molecule has 2 fully saturated rings. The van der Waals surface area contributed by atoms with Crippen molar-refractivity contribution in [2.24, 2.45) is 5.73 Å². The quantitative estimate of drug-likeness (QED) is 0.109. The van der Waals surface area contributed by atoms with E-state index < -0.39 is 18.0 Å². The number of amidine groups is 1. The van der Waals surface area contributed by atoms with Gasteiger partial charge in [-0.05, 0) is 56.0 Å². The first-order valence-corrected chi connectivity index (χ1v) is 14.3. The minimum atomic E-state index is -1.73. The summed E-state index contributed by atoms with van der Waals surface area (Å²) in [6, 6.07) is 7.73. The molecule has 222 valence electrons. The van der Waals surface area contributed by atoms with Gasteiger partial charge in [0.25, 0.3) is 0 Å². The highest BCUT2D eigenvalue weighted by atomic mass is 16.7. The van der Waals surface area contributed by atoms with Crippen LogP contribution in [0.4, 0.5) is 5.69 Å². The van der Waals surface area contributed by atoms with Crippen LogP contribution >= 0.6 is 0 Å². The lowest BCUT2D eigenvalue weighted by Crippen LogP contribution is -2.49. The maximum atomic E-state index is 13.4. The van der Waals surface area contributed by atoms with Crippen LogP contribution in [0, 0.1) is 5.41 Å². The van der Waals surface area contributed by atoms with Gasteiger partial charge in [-0.15, -0.1) is 5.06 Å². The van der Waals surface area contributed by atoms with Gasteiger partial charge in [-0.2, -0.15) is 0 Å². The Morgan fingerprint density at radius 1 is 1.12 bits per heavy atom. The molecule has 3 heterocycles. The number of carboxylic acids is 1. The number of aromatic nitrogens is 3. The van der Waals surface area contributed by atoms with E-state index in [-0.39, 0.29) is 30.2 Å². The van der Waals surface area contributed by atoms with Gasteiger partial charge in [0.05, 0.1) is 23.5 Å². The van der Waals surface area contributed by atoms with Crippen molar-refractivity contribution in [3.63, 3.8) is 0 Å². The van der Waals surface area contributed by atoms with E-state index in [4.69, 9.17) is 21.0 Å². The molecule has 13 nitrogen and oxygen atoms in total. The summed E-state index contributed by atoms with van der Waals surface area (Å²) in [4.78, 5) is 57.2. The molecule has 1 amide bonds. The maximum absolute atomic E-state index is 13.4. The number of aliphatic carboxylic acids is 1. The third-order valence-electron chi connectivity index (χ3n) is 8.00. The molecule has 1 atom stereocenters. The largest absolute Gasteiger partial charge is 0.473 e. The minimum Gasteiger partial charge on any atom is -0.473 e. The lowest BCUT2D eigenvalue weighted by molar-refractivity contribution is -0.224. The first-order chi connectivity index (χ1) is 20.3. The Morgan fingerprint density at radius 2 is 1.83 bits per heavy atom. The summed E-state index contributed by atoms with van der Waals surface area (Å²) in [6.45, 7) is 1.25. The van der Waals surface area contributed by atoms with Crippen molar-refractivity contribution >= 4 is 40.4 Å². The molecule has 1 saturated carbocycles. The van der Waals surface area contributed by atoms with E-state index >= 15 is 0 Å². The number of H-pyrrole nitrogens is 1. The number of piperidine rings is 1. The van der Waals surface area contributed by atoms with Gasteiger partial charge >= 0.3 is 11.9 Å². The van der Waals surface area contributed by atoms with Gasteiger partial charge in [0.15, 0.2) is 0 Å². The summed E-state index contributed by atoms with van der Waals surface area (Å²) in [6.07, 6.45) is 9.49. The minimum absolute atomic E-state index is 0.0688. The number of imidazole rings is 1. The van der Waals surface area contributed by atoms with Crippen LogP contribution < -0.4 is 16.0 Å². The summed E-state index contributed by atoms with van der Waals surface area (Å²) in [5, 5.41) is 21.7. The molecule has 1 aliphatic carbocycles. The van der Waals surface area contributed by atoms with E-state index in [2.05, 4.69) is 20.2 Å². The van der Waals surface area contributed by atoms with Crippen molar-refractivity contribution in [1.29, 1.82) is 5.41 Å². The number of hydrogen-bond donors (Lipinski definition) is 5. The molecule has 1 saturated heterocycles. The number of anilines is 1. The Balaban J connectivity index is 1.46. The molecule has 42 heavy (non-hydrogen) atoms. The lowest BCUT2D eigenvalue weighted by Gasteiger charge is -2.40. The number of carbonyl (C=O) groups is 3. The molecular weight excluding hydrogens is 540 g/mol. The topological polar surface area (TPSA) is 191 Å². The van der Waals surface area contributed by atoms with E-state index in [0.717, 1.165) is 37.8 Å². The van der Waals surface area contributed by atoms with E-state index in [9.17, 15) is 19.5 Å². The number of hydrogen-bond acceptors (Lipinski definition) is 9. The standard InChI is InChI=1S/C29H36N8O5/c30-26(31)18-6-7-22-23(16-18)35-27(34-22)24(17-25(38)33-19-4-2-1-3-5-19)37(42-29(41)28(39)40)21-10-14-36(15-11-21)20-8-12-32-13-9-20/h6-9,12-13,16,19,21,24H,1-5,10-11,14-15,17H2,(H3,30,31)(H,33,38)(H,34,35)(H,39,40). The Kier molecular flexibility index (Phi) is 8.96. The smallest absolute Gasteiger partial charge is 0.436 e. The van der Waals surface area contributed by atoms with Crippen LogP contribution in [0.15, 0.2) is 42.7 Å². The molecule has 5 rings (SSSR count). The second-order valence-electron chi connectivity index (χ2n) is 10.9. The van der Waals surface area contributed by atoms with Gasteiger partial charge in [0.1, 0.15) is 17.7 Å². The van der Waals surface area contributed by atoms with Crippen molar-refractivity contribution in [1.82, 2.24) is 25.3 Å². The number of nitrogen functional groups attached to an aromatic ring is 1. The van der Waals surface area contributed by atoms with Crippen molar-refractivity contribution in [2.75, 3.05) is 18.0 Å². The monoisotopic (exact) mass is 576 g/mol. The normalized spacial score (nSPS) is 17.2. The summed E-state index contributed by atoms with van der Waals surface area (Å²) >= 11 is 0.